The van der Waals surface area contributed by atoms with E-state index in [1.807, 2.05) is 30.3 Å². The topological polar surface area (TPSA) is 75.1 Å². The Labute approximate surface area is 185 Å². The SMILES string of the molecule is CSc1nc(NCc2cccc(C(F)(F)F)c2)c(C(=O)O)c(SCc2ccccc2)n1. The van der Waals surface area contributed by atoms with Gasteiger partial charge >= 0.3 is 12.1 Å². The number of benzene rings is 2. The minimum absolute atomic E-state index is 0.0160. The van der Waals surface area contributed by atoms with Crippen LogP contribution in [0.5, 0.6) is 0 Å². The number of nitrogens with zero attached hydrogens (tertiary/aromatic N) is 2. The van der Waals surface area contributed by atoms with Gasteiger partial charge < -0.3 is 10.4 Å². The van der Waals surface area contributed by atoms with Crippen LogP contribution in [0.15, 0.2) is 64.8 Å². The summed E-state index contributed by atoms with van der Waals surface area (Å²) < 4.78 is 38.9. The summed E-state index contributed by atoms with van der Waals surface area (Å²) in [4.78, 5) is 20.5. The third kappa shape index (κ3) is 6.14. The van der Waals surface area contributed by atoms with Gasteiger partial charge in [-0.05, 0) is 29.5 Å². The number of nitrogens with one attached hydrogen (secondary N) is 1. The lowest BCUT2D eigenvalue weighted by molar-refractivity contribution is -0.137. The smallest absolute Gasteiger partial charge is 0.416 e. The van der Waals surface area contributed by atoms with Gasteiger partial charge in [0.15, 0.2) is 5.16 Å². The molecule has 0 radical (unpaired) electrons. The average molecular weight is 466 g/mol. The van der Waals surface area contributed by atoms with E-state index in [4.69, 9.17) is 0 Å². The Morgan fingerprint density at radius 3 is 2.42 bits per heavy atom. The fraction of sp³-hybridized carbons (Fsp3) is 0.190. The zero-order valence-corrected chi connectivity index (χ0v) is 17.9. The second-order valence-electron chi connectivity index (χ2n) is 6.37. The Bertz CT molecular complexity index is 1060. The monoisotopic (exact) mass is 465 g/mol. The van der Waals surface area contributed by atoms with Crippen molar-refractivity contribution in [3.63, 3.8) is 0 Å². The second kappa shape index (κ2) is 10.1. The van der Waals surface area contributed by atoms with E-state index in [-0.39, 0.29) is 17.9 Å². The van der Waals surface area contributed by atoms with Gasteiger partial charge in [-0.3, -0.25) is 0 Å². The number of carboxylic acid groups (broad SMARTS) is 1. The van der Waals surface area contributed by atoms with Crippen molar-refractivity contribution in [2.75, 3.05) is 11.6 Å². The van der Waals surface area contributed by atoms with Crippen LogP contribution < -0.4 is 5.32 Å². The van der Waals surface area contributed by atoms with Crippen LogP contribution in [0.25, 0.3) is 0 Å². The first-order valence-corrected chi connectivity index (χ1v) is 11.2. The Morgan fingerprint density at radius 2 is 1.77 bits per heavy atom. The molecule has 0 fully saturated rings. The number of aromatic nitrogens is 2. The maximum absolute atomic E-state index is 13.0. The minimum atomic E-state index is -4.45. The van der Waals surface area contributed by atoms with Crippen molar-refractivity contribution in [1.29, 1.82) is 0 Å². The number of rotatable bonds is 8. The van der Waals surface area contributed by atoms with E-state index < -0.39 is 17.7 Å². The number of carboxylic acids is 1. The molecule has 0 amide bonds. The summed E-state index contributed by atoms with van der Waals surface area (Å²) in [5, 5.41) is 13.3. The summed E-state index contributed by atoms with van der Waals surface area (Å²) in [6, 6.07) is 14.4. The lowest BCUT2D eigenvalue weighted by Gasteiger charge is -2.14. The number of halogens is 3. The first-order valence-electron chi connectivity index (χ1n) is 9.04. The number of anilines is 1. The summed E-state index contributed by atoms with van der Waals surface area (Å²) in [5.41, 5.74) is 0.489. The lowest BCUT2D eigenvalue weighted by atomic mass is 10.1. The van der Waals surface area contributed by atoms with E-state index in [1.165, 1.54) is 35.7 Å². The molecule has 0 bridgehead atoms. The molecule has 2 N–H and O–H groups in total. The van der Waals surface area contributed by atoms with Crippen LogP contribution in [0.1, 0.15) is 27.0 Å². The molecule has 1 heterocycles. The van der Waals surface area contributed by atoms with Crippen molar-refractivity contribution in [2.24, 2.45) is 0 Å². The molecule has 31 heavy (non-hydrogen) atoms. The predicted octanol–water partition coefficient (Wildman–Crippen LogP) is 5.82. The number of carbonyl (C=O) groups is 1. The first kappa shape index (κ1) is 23.0. The summed E-state index contributed by atoms with van der Waals surface area (Å²) in [6.45, 7) is -0.0160. The summed E-state index contributed by atoms with van der Waals surface area (Å²) >= 11 is 2.52. The highest BCUT2D eigenvalue weighted by Crippen LogP contribution is 2.32. The molecule has 0 saturated carbocycles. The lowest BCUT2D eigenvalue weighted by Crippen LogP contribution is -2.13. The maximum Gasteiger partial charge on any atom is 0.416 e. The van der Waals surface area contributed by atoms with E-state index in [2.05, 4.69) is 15.3 Å². The van der Waals surface area contributed by atoms with Crippen LogP contribution >= 0.6 is 23.5 Å². The fourth-order valence-corrected chi connectivity index (χ4v) is 4.10. The zero-order valence-electron chi connectivity index (χ0n) is 16.3. The second-order valence-corrected chi connectivity index (χ2v) is 8.11. The maximum atomic E-state index is 13.0. The molecule has 162 valence electrons. The van der Waals surface area contributed by atoms with Crippen molar-refractivity contribution in [3.05, 3.63) is 76.9 Å². The molecule has 2 aromatic carbocycles. The molecule has 0 aliphatic rings. The molecule has 10 heteroatoms. The number of alkyl halides is 3. The molecule has 0 aliphatic carbocycles. The standard InChI is InChI=1S/C21H18F3N3O2S2/c1-30-20-26-17(25-11-14-8-5-9-15(10-14)21(22,23)24)16(19(28)29)18(27-20)31-12-13-6-3-2-4-7-13/h2-10H,11-12H2,1H3,(H,28,29)(H,25,26,27). The van der Waals surface area contributed by atoms with E-state index in [0.29, 0.717) is 21.5 Å². The number of hydrogen-bond donors (Lipinski definition) is 2. The number of hydrogen-bond acceptors (Lipinski definition) is 6. The molecule has 3 rings (SSSR count). The van der Waals surface area contributed by atoms with Crippen LogP contribution in [0.2, 0.25) is 0 Å². The molecular formula is C21H18F3N3O2S2. The van der Waals surface area contributed by atoms with Crippen LogP contribution in [0.3, 0.4) is 0 Å². The quantitative estimate of drug-likeness (QED) is 0.247. The minimum Gasteiger partial charge on any atom is -0.477 e. The highest BCUT2D eigenvalue weighted by Gasteiger charge is 2.30. The zero-order chi connectivity index (χ0) is 22.4. The summed E-state index contributed by atoms with van der Waals surface area (Å²) in [6.07, 6.45) is -2.69. The Morgan fingerprint density at radius 1 is 1.06 bits per heavy atom. The summed E-state index contributed by atoms with van der Waals surface area (Å²) in [5.74, 6) is -0.631. The molecule has 3 aromatic rings. The molecule has 0 unspecified atom stereocenters. The van der Waals surface area contributed by atoms with Crippen LogP contribution in [0, 0.1) is 0 Å². The van der Waals surface area contributed by atoms with Crippen molar-refractivity contribution in [1.82, 2.24) is 9.97 Å². The van der Waals surface area contributed by atoms with E-state index >= 15 is 0 Å². The highest BCUT2D eigenvalue weighted by molar-refractivity contribution is 7.99. The van der Waals surface area contributed by atoms with Gasteiger partial charge in [-0.2, -0.15) is 13.2 Å². The predicted molar refractivity (Wildman–Crippen MR) is 116 cm³/mol. The van der Waals surface area contributed by atoms with Crippen molar-refractivity contribution in [2.45, 2.75) is 28.7 Å². The molecule has 0 saturated heterocycles. The molecule has 0 aliphatic heterocycles. The highest BCUT2D eigenvalue weighted by atomic mass is 32.2. The normalized spacial score (nSPS) is 11.4. The van der Waals surface area contributed by atoms with Crippen molar-refractivity contribution in [3.8, 4) is 0 Å². The third-order valence-corrected chi connectivity index (χ3v) is 5.78. The van der Waals surface area contributed by atoms with E-state index in [1.54, 1.807) is 6.26 Å². The summed E-state index contributed by atoms with van der Waals surface area (Å²) in [7, 11) is 0. The van der Waals surface area contributed by atoms with Gasteiger partial charge in [-0.25, -0.2) is 14.8 Å². The van der Waals surface area contributed by atoms with Gasteiger partial charge in [-0.1, -0.05) is 54.2 Å². The van der Waals surface area contributed by atoms with E-state index in [9.17, 15) is 23.1 Å². The number of thioether (sulfide) groups is 2. The van der Waals surface area contributed by atoms with Gasteiger partial charge in [0.1, 0.15) is 16.4 Å². The molecule has 1 aromatic heterocycles. The van der Waals surface area contributed by atoms with Gasteiger partial charge in [-0.15, -0.1) is 11.8 Å². The van der Waals surface area contributed by atoms with Crippen molar-refractivity contribution < 1.29 is 23.1 Å². The van der Waals surface area contributed by atoms with Gasteiger partial charge in [0.05, 0.1) is 5.56 Å². The largest absolute Gasteiger partial charge is 0.477 e. The fourth-order valence-electron chi connectivity index (χ4n) is 2.71. The Kier molecular flexibility index (Phi) is 7.45. The van der Waals surface area contributed by atoms with Gasteiger partial charge in [0.2, 0.25) is 0 Å². The van der Waals surface area contributed by atoms with Gasteiger partial charge in [0.25, 0.3) is 0 Å². The molecule has 0 atom stereocenters. The van der Waals surface area contributed by atoms with Crippen LogP contribution in [-0.2, 0) is 18.5 Å². The van der Waals surface area contributed by atoms with Crippen molar-refractivity contribution >= 4 is 35.3 Å². The molecular weight excluding hydrogens is 447 g/mol. The Balaban J connectivity index is 1.87. The van der Waals surface area contributed by atoms with Crippen LogP contribution in [-0.4, -0.2) is 27.3 Å². The van der Waals surface area contributed by atoms with Gasteiger partial charge in [0, 0.05) is 12.3 Å². The average Bonchev–Trinajstić information content (AvgIpc) is 2.76. The molecule has 0 spiro atoms. The Hall–Kier alpha value is -2.72. The molecule has 5 nitrogen and oxygen atoms in total. The third-order valence-electron chi connectivity index (χ3n) is 4.18. The van der Waals surface area contributed by atoms with Crippen LogP contribution in [0.4, 0.5) is 19.0 Å². The first-order chi connectivity index (χ1) is 14.8. The number of aromatic carboxylic acids is 1. The van der Waals surface area contributed by atoms with E-state index in [0.717, 1.165) is 17.7 Å².